The van der Waals surface area contributed by atoms with Gasteiger partial charge in [0, 0.05) is 12.7 Å². The standard InChI is InChI=1S/C14H19Cl2N3S/c1-10(15)13-18-12-8-11(16)9-17-14(12)19(13)6-4-3-5-7-20-2/h8-10H,3-7H2,1-2H3. The minimum atomic E-state index is -0.130. The molecule has 6 heteroatoms. The summed E-state index contributed by atoms with van der Waals surface area (Å²) in [6.07, 6.45) is 7.39. The maximum Gasteiger partial charge on any atom is 0.160 e. The normalized spacial score (nSPS) is 13.0. The van der Waals surface area contributed by atoms with E-state index in [4.69, 9.17) is 23.2 Å². The van der Waals surface area contributed by atoms with Crippen LogP contribution in [0.5, 0.6) is 0 Å². The van der Waals surface area contributed by atoms with E-state index in [0.29, 0.717) is 5.02 Å². The lowest BCUT2D eigenvalue weighted by Crippen LogP contribution is -2.05. The Balaban J connectivity index is 2.18. The zero-order valence-electron chi connectivity index (χ0n) is 11.8. The second-order valence-electron chi connectivity index (χ2n) is 4.79. The molecular formula is C14H19Cl2N3S. The first-order valence-electron chi connectivity index (χ1n) is 6.78. The third-order valence-corrected chi connectivity index (χ3v) is 4.27. The number of halogens is 2. The van der Waals surface area contributed by atoms with Gasteiger partial charge in [0.2, 0.25) is 0 Å². The van der Waals surface area contributed by atoms with Crippen molar-refractivity contribution < 1.29 is 0 Å². The van der Waals surface area contributed by atoms with Crippen LogP contribution in [-0.2, 0) is 6.54 Å². The van der Waals surface area contributed by atoms with Gasteiger partial charge in [-0.2, -0.15) is 11.8 Å². The van der Waals surface area contributed by atoms with Gasteiger partial charge < -0.3 is 4.57 Å². The molecule has 0 amide bonds. The number of aryl methyl sites for hydroxylation is 1. The Bertz CT molecular complexity index is 569. The Morgan fingerprint density at radius 1 is 1.35 bits per heavy atom. The minimum Gasteiger partial charge on any atom is -0.311 e. The van der Waals surface area contributed by atoms with E-state index in [9.17, 15) is 0 Å². The number of pyridine rings is 1. The number of imidazole rings is 1. The van der Waals surface area contributed by atoms with Gasteiger partial charge >= 0.3 is 0 Å². The molecule has 0 spiro atoms. The fraction of sp³-hybridized carbons (Fsp3) is 0.571. The van der Waals surface area contributed by atoms with Crippen molar-refractivity contribution in [3.8, 4) is 0 Å². The molecule has 0 fully saturated rings. The van der Waals surface area contributed by atoms with E-state index in [-0.39, 0.29) is 5.38 Å². The molecule has 3 nitrogen and oxygen atoms in total. The van der Waals surface area contributed by atoms with E-state index in [1.165, 1.54) is 18.6 Å². The highest BCUT2D eigenvalue weighted by atomic mass is 35.5. The molecule has 0 saturated carbocycles. The third-order valence-electron chi connectivity index (χ3n) is 3.17. The quantitative estimate of drug-likeness (QED) is 0.533. The van der Waals surface area contributed by atoms with Gasteiger partial charge in [-0.15, -0.1) is 11.6 Å². The van der Waals surface area contributed by atoms with Crippen LogP contribution in [0.1, 0.15) is 37.4 Å². The molecule has 2 heterocycles. The molecule has 2 aromatic rings. The molecular weight excluding hydrogens is 313 g/mol. The largest absolute Gasteiger partial charge is 0.311 e. The summed E-state index contributed by atoms with van der Waals surface area (Å²) in [5.74, 6) is 2.10. The number of aromatic nitrogens is 3. The van der Waals surface area contributed by atoms with Crippen LogP contribution >= 0.6 is 35.0 Å². The number of alkyl halides is 1. The van der Waals surface area contributed by atoms with Gasteiger partial charge in [0.25, 0.3) is 0 Å². The van der Waals surface area contributed by atoms with Crippen LogP contribution in [-0.4, -0.2) is 26.5 Å². The second-order valence-corrected chi connectivity index (χ2v) is 6.86. The molecule has 0 bridgehead atoms. The lowest BCUT2D eigenvalue weighted by molar-refractivity contribution is 0.590. The first kappa shape index (κ1) is 15.9. The average molecular weight is 332 g/mol. The molecule has 1 unspecified atom stereocenters. The summed E-state index contributed by atoms with van der Waals surface area (Å²) in [4.78, 5) is 8.97. The minimum absolute atomic E-state index is 0.130. The first-order valence-corrected chi connectivity index (χ1v) is 8.99. The molecule has 0 N–H and O–H groups in total. The van der Waals surface area contributed by atoms with Crippen LogP contribution in [0.25, 0.3) is 11.2 Å². The number of hydrogen-bond acceptors (Lipinski definition) is 3. The van der Waals surface area contributed by atoms with Gasteiger partial charge in [-0.3, -0.25) is 0 Å². The van der Waals surface area contributed by atoms with E-state index < -0.39 is 0 Å². The Labute approximate surface area is 134 Å². The summed E-state index contributed by atoms with van der Waals surface area (Å²) in [7, 11) is 0. The molecule has 20 heavy (non-hydrogen) atoms. The van der Waals surface area contributed by atoms with Gasteiger partial charge in [-0.25, -0.2) is 9.97 Å². The lowest BCUT2D eigenvalue weighted by atomic mass is 10.2. The summed E-state index contributed by atoms with van der Waals surface area (Å²) in [5.41, 5.74) is 1.70. The highest BCUT2D eigenvalue weighted by Gasteiger charge is 2.15. The average Bonchev–Trinajstić information content (AvgIpc) is 2.76. The van der Waals surface area contributed by atoms with Crippen LogP contribution < -0.4 is 0 Å². The predicted octanol–water partition coefficient (Wildman–Crippen LogP) is 4.92. The summed E-state index contributed by atoms with van der Waals surface area (Å²) in [6.45, 7) is 2.85. The van der Waals surface area contributed by atoms with Gasteiger partial charge in [-0.1, -0.05) is 18.0 Å². The fourth-order valence-corrected chi connectivity index (χ4v) is 3.03. The summed E-state index contributed by atoms with van der Waals surface area (Å²) in [5, 5.41) is 0.477. The van der Waals surface area contributed by atoms with Crippen LogP contribution in [0, 0.1) is 0 Å². The van der Waals surface area contributed by atoms with Crippen molar-refractivity contribution >= 4 is 46.1 Å². The fourth-order valence-electron chi connectivity index (χ4n) is 2.22. The number of fused-ring (bicyclic) bond motifs is 1. The molecule has 1 atom stereocenters. The zero-order chi connectivity index (χ0) is 14.5. The number of hydrogen-bond donors (Lipinski definition) is 0. The van der Waals surface area contributed by atoms with E-state index >= 15 is 0 Å². The van der Waals surface area contributed by atoms with Crippen LogP contribution in [0.3, 0.4) is 0 Å². The van der Waals surface area contributed by atoms with Crippen molar-refractivity contribution in [2.45, 2.75) is 38.1 Å². The van der Waals surface area contributed by atoms with Crippen molar-refractivity contribution in [3.63, 3.8) is 0 Å². The lowest BCUT2D eigenvalue weighted by Gasteiger charge is -2.09. The van der Waals surface area contributed by atoms with Crippen molar-refractivity contribution in [1.29, 1.82) is 0 Å². The molecule has 0 aliphatic carbocycles. The Morgan fingerprint density at radius 2 is 2.15 bits per heavy atom. The van der Waals surface area contributed by atoms with Crippen molar-refractivity contribution in [1.82, 2.24) is 14.5 Å². The second kappa shape index (κ2) is 7.53. The number of rotatable bonds is 7. The smallest absolute Gasteiger partial charge is 0.160 e. The maximum absolute atomic E-state index is 6.23. The summed E-state index contributed by atoms with van der Waals surface area (Å²) < 4.78 is 2.13. The van der Waals surface area contributed by atoms with E-state index in [2.05, 4.69) is 20.8 Å². The maximum atomic E-state index is 6.23. The Hall–Kier alpha value is -0.450. The van der Waals surface area contributed by atoms with Crippen molar-refractivity contribution in [3.05, 3.63) is 23.1 Å². The van der Waals surface area contributed by atoms with Gasteiger partial charge in [0.15, 0.2) is 5.65 Å². The van der Waals surface area contributed by atoms with Crippen molar-refractivity contribution in [2.24, 2.45) is 0 Å². The summed E-state index contributed by atoms with van der Waals surface area (Å²) >= 11 is 14.1. The van der Waals surface area contributed by atoms with Crippen LogP contribution in [0.2, 0.25) is 5.02 Å². The molecule has 0 aromatic carbocycles. The molecule has 0 saturated heterocycles. The first-order chi connectivity index (χ1) is 9.63. The van der Waals surface area contributed by atoms with Crippen LogP contribution in [0.15, 0.2) is 12.3 Å². The van der Waals surface area contributed by atoms with Crippen LogP contribution in [0.4, 0.5) is 0 Å². The number of nitrogens with zero attached hydrogens (tertiary/aromatic N) is 3. The molecule has 2 rings (SSSR count). The SMILES string of the molecule is CSCCCCCn1c(C(C)Cl)nc2cc(Cl)cnc21. The monoisotopic (exact) mass is 331 g/mol. The highest BCUT2D eigenvalue weighted by Crippen LogP contribution is 2.25. The third kappa shape index (κ3) is 3.80. The molecule has 110 valence electrons. The Morgan fingerprint density at radius 3 is 2.85 bits per heavy atom. The van der Waals surface area contributed by atoms with E-state index in [1.807, 2.05) is 24.8 Å². The van der Waals surface area contributed by atoms with E-state index in [0.717, 1.165) is 30.0 Å². The zero-order valence-corrected chi connectivity index (χ0v) is 14.1. The predicted molar refractivity (Wildman–Crippen MR) is 89.0 cm³/mol. The van der Waals surface area contributed by atoms with Gasteiger partial charge in [0.1, 0.15) is 11.3 Å². The highest BCUT2D eigenvalue weighted by molar-refractivity contribution is 7.98. The molecule has 2 aromatic heterocycles. The number of thioether (sulfide) groups is 1. The Kier molecular flexibility index (Phi) is 6.00. The van der Waals surface area contributed by atoms with Crippen molar-refractivity contribution in [2.75, 3.05) is 12.0 Å². The molecule has 0 radical (unpaired) electrons. The van der Waals surface area contributed by atoms with Gasteiger partial charge in [-0.05, 0) is 37.8 Å². The molecule has 0 aliphatic heterocycles. The van der Waals surface area contributed by atoms with E-state index in [1.54, 1.807) is 6.20 Å². The number of unbranched alkanes of at least 4 members (excludes halogenated alkanes) is 2. The van der Waals surface area contributed by atoms with Gasteiger partial charge in [0.05, 0.1) is 10.4 Å². The topological polar surface area (TPSA) is 30.7 Å². The molecule has 0 aliphatic rings. The summed E-state index contributed by atoms with van der Waals surface area (Å²) in [6, 6.07) is 1.84.